The molecule has 0 atom stereocenters. The zero-order valence-electron chi connectivity index (χ0n) is 14.0. The maximum Gasteiger partial charge on any atom is 0.137 e. The molecular weight excluding hydrogens is 260 g/mol. The van der Waals surface area contributed by atoms with Crippen molar-refractivity contribution in [3.8, 4) is 0 Å². The Morgan fingerprint density at radius 1 is 1.24 bits per heavy atom. The molecule has 0 amide bonds. The summed E-state index contributed by atoms with van der Waals surface area (Å²) in [5.41, 5.74) is 1.29. The lowest BCUT2D eigenvalue weighted by molar-refractivity contribution is 0.631. The maximum absolute atomic E-state index is 4.64. The molecule has 0 saturated heterocycles. The molecule has 1 aliphatic rings. The first kappa shape index (κ1) is 16.1. The van der Waals surface area contributed by atoms with Crippen molar-refractivity contribution in [3.05, 3.63) is 11.9 Å². The summed E-state index contributed by atoms with van der Waals surface area (Å²) in [6, 6.07) is 0.482. The summed E-state index contributed by atoms with van der Waals surface area (Å²) >= 11 is 0. The van der Waals surface area contributed by atoms with Crippen LogP contribution >= 0.6 is 0 Å². The minimum absolute atomic E-state index is 0.482. The standard InChI is InChI=1S/C17H30N4/c1-5-7-15-16(18-10-6-2)19-12-20-17(15)21(13(3)4)11-14-8-9-14/h12-14H,5-11H2,1-4H3,(H,18,19,20). The van der Waals surface area contributed by atoms with Crippen molar-refractivity contribution < 1.29 is 0 Å². The molecule has 1 N–H and O–H groups in total. The van der Waals surface area contributed by atoms with Crippen LogP contribution in [-0.4, -0.2) is 29.1 Å². The van der Waals surface area contributed by atoms with Crippen LogP contribution in [0.3, 0.4) is 0 Å². The smallest absolute Gasteiger partial charge is 0.137 e. The Morgan fingerprint density at radius 3 is 2.57 bits per heavy atom. The fourth-order valence-electron chi connectivity index (χ4n) is 2.65. The minimum atomic E-state index is 0.482. The first-order valence-corrected chi connectivity index (χ1v) is 8.51. The van der Waals surface area contributed by atoms with E-state index in [-0.39, 0.29) is 0 Å². The quantitative estimate of drug-likeness (QED) is 0.749. The van der Waals surface area contributed by atoms with E-state index < -0.39 is 0 Å². The van der Waals surface area contributed by atoms with Crippen LogP contribution in [-0.2, 0) is 6.42 Å². The van der Waals surface area contributed by atoms with Crippen LogP contribution in [0.25, 0.3) is 0 Å². The predicted octanol–water partition coefficient (Wildman–Crippen LogP) is 3.88. The van der Waals surface area contributed by atoms with Gasteiger partial charge in [-0.2, -0.15) is 0 Å². The largest absolute Gasteiger partial charge is 0.370 e. The predicted molar refractivity (Wildman–Crippen MR) is 90.0 cm³/mol. The molecule has 1 aromatic heterocycles. The fraction of sp³-hybridized carbons (Fsp3) is 0.765. The van der Waals surface area contributed by atoms with Crippen LogP contribution in [0.5, 0.6) is 0 Å². The van der Waals surface area contributed by atoms with Crippen LogP contribution in [0.1, 0.15) is 58.9 Å². The molecule has 0 aliphatic heterocycles. The van der Waals surface area contributed by atoms with E-state index in [1.165, 1.54) is 18.4 Å². The molecule has 4 heteroatoms. The van der Waals surface area contributed by atoms with Gasteiger partial charge in [0.1, 0.15) is 18.0 Å². The summed E-state index contributed by atoms with van der Waals surface area (Å²) in [6.45, 7) is 11.0. The Hall–Kier alpha value is -1.32. The molecule has 118 valence electrons. The molecule has 1 saturated carbocycles. The highest BCUT2D eigenvalue weighted by Gasteiger charge is 2.28. The first-order valence-electron chi connectivity index (χ1n) is 8.51. The third-order valence-corrected chi connectivity index (χ3v) is 4.01. The van der Waals surface area contributed by atoms with Gasteiger partial charge >= 0.3 is 0 Å². The molecule has 21 heavy (non-hydrogen) atoms. The van der Waals surface area contributed by atoms with Crippen LogP contribution < -0.4 is 10.2 Å². The molecule has 1 heterocycles. The van der Waals surface area contributed by atoms with Crippen LogP contribution in [0.2, 0.25) is 0 Å². The van der Waals surface area contributed by atoms with Crippen molar-refractivity contribution in [2.75, 3.05) is 23.3 Å². The van der Waals surface area contributed by atoms with Gasteiger partial charge in [0.15, 0.2) is 0 Å². The van der Waals surface area contributed by atoms with E-state index in [1.54, 1.807) is 6.33 Å². The molecule has 0 bridgehead atoms. The van der Waals surface area contributed by atoms with E-state index >= 15 is 0 Å². The number of hydrogen-bond acceptors (Lipinski definition) is 4. The van der Waals surface area contributed by atoms with Gasteiger partial charge in [0.25, 0.3) is 0 Å². The van der Waals surface area contributed by atoms with E-state index in [4.69, 9.17) is 0 Å². The topological polar surface area (TPSA) is 41.1 Å². The average Bonchev–Trinajstić information content (AvgIpc) is 3.28. The zero-order valence-corrected chi connectivity index (χ0v) is 14.0. The number of aromatic nitrogens is 2. The average molecular weight is 290 g/mol. The van der Waals surface area contributed by atoms with Crippen LogP contribution in [0.4, 0.5) is 11.6 Å². The summed E-state index contributed by atoms with van der Waals surface area (Å²) in [6.07, 6.45) is 7.74. The molecule has 4 nitrogen and oxygen atoms in total. The van der Waals surface area contributed by atoms with Gasteiger partial charge in [-0.15, -0.1) is 0 Å². The lowest BCUT2D eigenvalue weighted by Gasteiger charge is -2.30. The summed E-state index contributed by atoms with van der Waals surface area (Å²) < 4.78 is 0. The third kappa shape index (κ3) is 4.32. The lowest BCUT2D eigenvalue weighted by Crippen LogP contribution is -2.34. The Morgan fingerprint density at radius 2 is 2.00 bits per heavy atom. The minimum Gasteiger partial charge on any atom is -0.370 e. The van der Waals surface area contributed by atoms with Crippen LogP contribution in [0.15, 0.2) is 6.33 Å². The molecular formula is C17H30N4. The van der Waals surface area contributed by atoms with Gasteiger partial charge in [-0.3, -0.25) is 0 Å². The zero-order chi connectivity index (χ0) is 15.2. The fourth-order valence-corrected chi connectivity index (χ4v) is 2.65. The monoisotopic (exact) mass is 290 g/mol. The SMILES string of the molecule is CCCNc1ncnc(N(CC2CC2)C(C)C)c1CCC. The Kier molecular flexibility index (Phi) is 5.83. The lowest BCUT2D eigenvalue weighted by atomic mass is 10.1. The summed E-state index contributed by atoms with van der Waals surface area (Å²) in [5.74, 6) is 3.04. The highest BCUT2D eigenvalue weighted by Crippen LogP contribution is 2.34. The van der Waals surface area contributed by atoms with Gasteiger partial charge < -0.3 is 10.2 Å². The van der Waals surface area contributed by atoms with Crippen molar-refractivity contribution in [2.45, 2.75) is 65.8 Å². The molecule has 0 spiro atoms. The van der Waals surface area contributed by atoms with Gasteiger partial charge in [0, 0.05) is 24.7 Å². The molecule has 0 unspecified atom stereocenters. The highest BCUT2D eigenvalue weighted by atomic mass is 15.2. The molecule has 1 fully saturated rings. The van der Waals surface area contributed by atoms with E-state index in [0.717, 1.165) is 49.9 Å². The molecule has 1 aliphatic carbocycles. The van der Waals surface area contributed by atoms with Gasteiger partial charge in [-0.25, -0.2) is 9.97 Å². The molecule has 0 radical (unpaired) electrons. The Bertz CT molecular complexity index is 440. The number of hydrogen-bond donors (Lipinski definition) is 1. The molecule has 0 aromatic carbocycles. The number of nitrogens with zero attached hydrogens (tertiary/aromatic N) is 3. The second kappa shape index (κ2) is 7.62. The highest BCUT2D eigenvalue weighted by molar-refractivity contribution is 5.59. The van der Waals surface area contributed by atoms with Crippen molar-refractivity contribution in [1.29, 1.82) is 0 Å². The van der Waals surface area contributed by atoms with Gasteiger partial charge in [0.2, 0.25) is 0 Å². The van der Waals surface area contributed by atoms with E-state index in [0.29, 0.717) is 6.04 Å². The second-order valence-corrected chi connectivity index (χ2v) is 6.39. The van der Waals surface area contributed by atoms with Crippen molar-refractivity contribution in [2.24, 2.45) is 5.92 Å². The Labute approximate surface area is 129 Å². The van der Waals surface area contributed by atoms with Gasteiger partial charge in [-0.05, 0) is 45.4 Å². The number of nitrogens with one attached hydrogen (secondary N) is 1. The normalized spacial score (nSPS) is 14.5. The van der Waals surface area contributed by atoms with E-state index in [9.17, 15) is 0 Å². The van der Waals surface area contributed by atoms with E-state index in [1.807, 2.05) is 0 Å². The van der Waals surface area contributed by atoms with Crippen molar-refractivity contribution in [3.63, 3.8) is 0 Å². The first-order chi connectivity index (χ1) is 10.2. The van der Waals surface area contributed by atoms with Crippen LogP contribution in [0, 0.1) is 5.92 Å². The molecule has 2 rings (SSSR count). The summed E-state index contributed by atoms with van der Waals surface area (Å²) in [7, 11) is 0. The molecule has 1 aromatic rings. The summed E-state index contributed by atoms with van der Waals surface area (Å²) in [4.78, 5) is 11.6. The maximum atomic E-state index is 4.64. The third-order valence-electron chi connectivity index (χ3n) is 4.01. The van der Waals surface area contributed by atoms with Crippen molar-refractivity contribution in [1.82, 2.24) is 9.97 Å². The van der Waals surface area contributed by atoms with Gasteiger partial charge in [0.05, 0.1) is 0 Å². The number of rotatable bonds is 9. The van der Waals surface area contributed by atoms with Gasteiger partial charge in [-0.1, -0.05) is 20.3 Å². The number of anilines is 2. The van der Waals surface area contributed by atoms with E-state index in [2.05, 4.69) is 47.9 Å². The Balaban J connectivity index is 2.29. The second-order valence-electron chi connectivity index (χ2n) is 6.39. The summed E-state index contributed by atoms with van der Waals surface area (Å²) in [5, 5.41) is 3.47. The van der Waals surface area contributed by atoms with Crippen molar-refractivity contribution >= 4 is 11.6 Å².